The Morgan fingerprint density at radius 2 is 1.80 bits per heavy atom. The Kier molecular flexibility index (Phi) is 4.20. The number of aromatic nitrogens is 2. The summed E-state index contributed by atoms with van der Waals surface area (Å²) in [5.41, 5.74) is 0.785. The summed E-state index contributed by atoms with van der Waals surface area (Å²) in [6, 6.07) is 6.61. The molecule has 1 N–H and O–H groups in total. The molecule has 10 heteroatoms. The summed E-state index contributed by atoms with van der Waals surface area (Å²) in [6.45, 7) is 1.69. The summed E-state index contributed by atoms with van der Waals surface area (Å²) in [6.07, 6.45) is -3.47. The van der Waals surface area contributed by atoms with Gasteiger partial charge in [-0.05, 0) is 24.6 Å². The molecule has 0 fully saturated rings. The first-order valence-corrected chi connectivity index (χ1v) is 9.73. The number of hydrogen-bond acceptors (Lipinski definition) is 5. The fourth-order valence-electron chi connectivity index (χ4n) is 2.28. The lowest BCUT2D eigenvalue weighted by atomic mass is 10.1. The van der Waals surface area contributed by atoms with E-state index in [0.717, 1.165) is 28.4 Å². The predicted octanol–water partition coefficient (Wildman–Crippen LogP) is 4.06. The van der Waals surface area contributed by atoms with Crippen LogP contribution < -0.4 is 4.72 Å². The number of halogens is 3. The standard InChI is InChI=1S/C15H12F3N3O2S2/c1-8-10(21-25(2,22)23)5-3-9-4-6-11(19-13(8)9)14-20-12(7-24-14)15(16,17)18/h3-7,21H,1-2H3. The molecule has 0 unspecified atom stereocenters. The normalized spacial score (nSPS) is 12.5. The molecule has 3 rings (SSSR count). The van der Waals surface area contributed by atoms with Gasteiger partial charge in [0, 0.05) is 10.8 Å². The zero-order chi connectivity index (χ0) is 18.4. The van der Waals surface area contributed by atoms with Crippen LogP contribution in [-0.4, -0.2) is 24.6 Å². The number of thiazole rings is 1. The molecular formula is C15H12F3N3O2S2. The average molecular weight is 387 g/mol. The Morgan fingerprint density at radius 3 is 2.40 bits per heavy atom. The number of nitrogens with zero attached hydrogens (tertiary/aromatic N) is 2. The van der Waals surface area contributed by atoms with Gasteiger partial charge in [-0.15, -0.1) is 11.3 Å². The van der Waals surface area contributed by atoms with Crippen molar-refractivity contribution in [3.8, 4) is 10.7 Å². The molecule has 0 aliphatic rings. The van der Waals surface area contributed by atoms with Crippen molar-refractivity contribution in [1.29, 1.82) is 0 Å². The Hall–Kier alpha value is -2.20. The first kappa shape index (κ1) is 17.6. The number of fused-ring (bicyclic) bond motifs is 1. The second-order valence-electron chi connectivity index (χ2n) is 5.42. The highest BCUT2D eigenvalue weighted by atomic mass is 32.2. The molecule has 0 aliphatic carbocycles. The van der Waals surface area contributed by atoms with Crippen LogP contribution in [0, 0.1) is 6.92 Å². The lowest BCUT2D eigenvalue weighted by Gasteiger charge is -2.10. The van der Waals surface area contributed by atoms with Crippen LogP contribution in [0.15, 0.2) is 29.6 Å². The average Bonchev–Trinajstić information content (AvgIpc) is 2.99. The van der Waals surface area contributed by atoms with Gasteiger partial charge in [0.15, 0.2) is 5.69 Å². The van der Waals surface area contributed by atoms with E-state index in [2.05, 4.69) is 14.7 Å². The molecule has 0 spiro atoms. The summed E-state index contributed by atoms with van der Waals surface area (Å²) < 4.78 is 63.4. The molecule has 0 atom stereocenters. The van der Waals surface area contributed by atoms with E-state index >= 15 is 0 Å². The SMILES string of the molecule is Cc1c(NS(C)(=O)=O)ccc2ccc(-c3nc(C(F)(F)F)cs3)nc12. The smallest absolute Gasteiger partial charge is 0.283 e. The maximum absolute atomic E-state index is 12.7. The van der Waals surface area contributed by atoms with Crippen molar-refractivity contribution in [2.75, 3.05) is 11.0 Å². The fraction of sp³-hybridized carbons (Fsp3) is 0.200. The third kappa shape index (κ3) is 3.74. The van der Waals surface area contributed by atoms with E-state index in [0.29, 0.717) is 22.5 Å². The highest BCUT2D eigenvalue weighted by molar-refractivity contribution is 7.92. The third-order valence-corrected chi connectivity index (χ3v) is 4.88. The largest absolute Gasteiger partial charge is 0.434 e. The first-order chi connectivity index (χ1) is 11.5. The van der Waals surface area contributed by atoms with E-state index in [1.807, 2.05) is 0 Å². The van der Waals surface area contributed by atoms with E-state index in [9.17, 15) is 21.6 Å². The molecule has 5 nitrogen and oxygen atoms in total. The molecule has 0 aliphatic heterocycles. The van der Waals surface area contributed by atoms with Crippen LogP contribution in [0.25, 0.3) is 21.6 Å². The second kappa shape index (κ2) is 5.95. The number of anilines is 1. The minimum absolute atomic E-state index is 0.148. The molecule has 0 bridgehead atoms. The van der Waals surface area contributed by atoms with Crippen molar-refractivity contribution in [2.45, 2.75) is 13.1 Å². The van der Waals surface area contributed by atoms with Gasteiger partial charge in [0.2, 0.25) is 10.0 Å². The van der Waals surface area contributed by atoms with Crippen molar-refractivity contribution in [1.82, 2.24) is 9.97 Å². The molecule has 0 radical (unpaired) electrons. The summed E-state index contributed by atoms with van der Waals surface area (Å²) >= 11 is 0.853. The van der Waals surface area contributed by atoms with Crippen LogP contribution in [0.5, 0.6) is 0 Å². The fourth-order valence-corrected chi connectivity index (χ4v) is 3.70. The van der Waals surface area contributed by atoms with Gasteiger partial charge in [-0.25, -0.2) is 18.4 Å². The molecule has 1 aromatic carbocycles. The van der Waals surface area contributed by atoms with E-state index in [4.69, 9.17) is 0 Å². The van der Waals surface area contributed by atoms with E-state index in [1.165, 1.54) is 0 Å². The number of benzene rings is 1. The summed E-state index contributed by atoms with van der Waals surface area (Å²) in [7, 11) is -3.46. The van der Waals surface area contributed by atoms with Crippen molar-refractivity contribution < 1.29 is 21.6 Å². The molecule has 0 saturated carbocycles. The van der Waals surface area contributed by atoms with Crippen molar-refractivity contribution >= 4 is 38.0 Å². The topological polar surface area (TPSA) is 72.0 Å². The van der Waals surface area contributed by atoms with E-state index in [1.54, 1.807) is 31.2 Å². The minimum atomic E-state index is -4.51. The Balaban J connectivity index is 2.10. The minimum Gasteiger partial charge on any atom is -0.283 e. The lowest BCUT2D eigenvalue weighted by Crippen LogP contribution is -2.10. The molecule has 2 heterocycles. The van der Waals surface area contributed by atoms with Gasteiger partial charge in [0.05, 0.1) is 23.2 Å². The Labute approximate surface area is 145 Å². The highest BCUT2D eigenvalue weighted by Gasteiger charge is 2.34. The van der Waals surface area contributed by atoms with Crippen LogP contribution >= 0.6 is 11.3 Å². The monoisotopic (exact) mass is 387 g/mol. The quantitative estimate of drug-likeness (QED) is 0.736. The molecule has 25 heavy (non-hydrogen) atoms. The summed E-state index contributed by atoms with van der Waals surface area (Å²) in [5.74, 6) is 0. The van der Waals surface area contributed by atoms with Gasteiger partial charge in [0.1, 0.15) is 5.01 Å². The predicted molar refractivity (Wildman–Crippen MR) is 91.1 cm³/mol. The first-order valence-electron chi connectivity index (χ1n) is 6.96. The van der Waals surface area contributed by atoms with Crippen LogP contribution in [0.3, 0.4) is 0 Å². The van der Waals surface area contributed by atoms with Crippen LogP contribution in [0.1, 0.15) is 11.3 Å². The van der Waals surface area contributed by atoms with Crippen LogP contribution in [0.2, 0.25) is 0 Å². The Bertz CT molecular complexity index is 1060. The number of hydrogen-bond donors (Lipinski definition) is 1. The highest BCUT2D eigenvalue weighted by Crippen LogP contribution is 2.34. The van der Waals surface area contributed by atoms with Gasteiger partial charge < -0.3 is 0 Å². The number of rotatable bonds is 3. The maximum atomic E-state index is 12.7. The van der Waals surface area contributed by atoms with Gasteiger partial charge in [-0.3, -0.25) is 4.72 Å². The van der Waals surface area contributed by atoms with Crippen molar-refractivity contribution in [3.63, 3.8) is 0 Å². The molecule has 3 aromatic rings. The van der Waals surface area contributed by atoms with Crippen LogP contribution in [0.4, 0.5) is 18.9 Å². The van der Waals surface area contributed by atoms with Crippen LogP contribution in [-0.2, 0) is 16.2 Å². The summed E-state index contributed by atoms with van der Waals surface area (Å²) in [4.78, 5) is 7.97. The molecule has 132 valence electrons. The van der Waals surface area contributed by atoms with Gasteiger partial charge >= 0.3 is 6.18 Å². The zero-order valence-corrected chi connectivity index (χ0v) is 14.7. The number of sulfonamides is 1. The molecular weight excluding hydrogens is 375 g/mol. The molecule has 0 saturated heterocycles. The van der Waals surface area contributed by atoms with E-state index < -0.39 is 21.9 Å². The van der Waals surface area contributed by atoms with Gasteiger partial charge in [0.25, 0.3) is 0 Å². The molecule has 2 aromatic heterocycles. The number of pyridine rings is 1. The second-order valence-corrected chi connectivity index (χ2v) is 8.02. The van der Waals surface area contributed by atoms with E-state index in [-0.39, 0.29) is 5.01 Å². The summed E-state index contributed by atoms with van der Waals surface area (Å²) in [5, 5.41) is 1.83. The van der Waals surface area contributed by atoms with Crippen molar-refractivity contribution in [2.24, 2.45) is 0 Å². The number of alkyl halides is 3. The maximum Gasteiger partial charge on any atom is 0.434 e. The number of aryl methyl sites for hydroxylation is 1. The number of nitrogens with one attached hydrogen (secondary N) is 1. The molecule has 0 amide bonds. The Morgan fingerprint density at radius 1 is 1.12 bits per heavy atom. The zero-order valence-electron chi connectivity index (χ0n) is 13.0. The van der Waals surface area contributed by atoms with Gasteiger partial charge in [-0.1, -0.05) is 12.1 Å². The third-order valence-electron chi connectivity index (χ3n) is 3.42. The van der Waals surface area contributed by atoms with Gasteiger partial charge in [-0.2, -0.15) is 13.2 Å². The van der Waals surface area contributed by atoms with Crippen molar-refractivity contribution in [3.05, 3.63) is 40.9 Å². The lowest BCUT2D eigenvalue weighted by molar-refractivity contribution is -0.140.